The topological polar surface area (TPSA) is 88.5 Å². The summed E-state index contributed by atoms with van der Waals surface area (Å²) >= 11 is 0. The highest BCUT2D eigenvalue weighted by atomic mass is 16.2. The van der Waals surface area contributed by atoms with Crippen LogP contribution in [0.15, 0.2) is 18.6 Å². The Morgan fingerprint density at radius 2 is 2.41 bits per heavy atom. The number of carbonyl (C=O) groups excluding carboxylic acids is 1. The number of nitrogens with one attached hydrogen (secondary N) is 2. The SMILES string of the molecule is CC(C)Cn1ccnc1NC(=O)c1cn[nH]n1. The number of rotatable bonds is 4. The van der Waals surface area contributed by atoms with Crippen LogP contribution in [-0.4, -0.2) is 30.9 Å². The zero-order valence-electron chi connectivity index (χ0n) is 9.71. The maximum Gasteiger partial charge on any atom is 0.280 e. The first-order chi connectivity index (χ1) is 8.16. The largest absolute Gasteiger partial charge is 0.317 e. The lowest BCUT2D eigenvalue weighted by Crippen LogP contribution is -2.17. The highest BCUT2D eigenvalue weighted by molar-refractivity contribution is 6.01. The molecular formula is C10H14N6O. The average Bonchev–Trinajstić information content (AvgIpc) is 2.89. The Balaban J connectivity index is 2.08. The van der Waals surface area contributed by atoms with E-state index >= 15 is 0 Å². The molecule has 2 heterocycles. The molecule has 0 saturated carbocycles. The summed E-state index contributed by atoms with van der Waals surface area (Å²) < 4.78 is 1.89. The van der Waals surface area contributed by atoms with Crippen LogP contribution in [0.1, 0.15) is 24.3 Å². The molecule has 0 saturated heterocycles. The molecule has 0 atom stereocenters. The Labute approximate surface area is 98.2 Å². The second-order valence-electron chi connectivity index (χ2n) is 4.11. The number of H-pyrrole nitrogens is 1. The molecule has 0 aliphatic heterocycles. The Morgan fingerprint density at radius 3 is 3.06 bits per heavy atom. The minimum absolute atomic E-state index is 0.240. The number of aromatic amines is 1. The fraction of sp³-hybridized carbons (Fsp3) is 0.400. The van der Waals surface area contributed by atoms with E-state index in [0.29, 0.717) is 11.9 Å². The van der Waals surface area contributed by atoms with Gasteiger partial charge in [0, 0.05) is 18.9 Å². The smallest absolute Gasteiger partial charge is 0.280 e. The lowest BCUT2D eigenvalue weighted by Gasteiger charge is -2.10. The van der Waals surface area contributed by atoms with Gasteiger partial charge in [-0.3, -0.25) is 10.1 Å². The Bertz CT molecular complexity index is 487. The maximum absolute atomic E-state index is 11.7. The fourth-order valence-electron chi connectivity index (χ4n) is 1.45. The molecule has 0 radical (unpaired) electrons. The van der Waals surface area contributed by atoms with Crippen LogP contribution in [-0.2, 0) is 6.54 Å². The van der Waals surface area contributed by atoms with Crippen LogP contribution >= 0.6 is 0 Å². The molecule has 2 rings (SSSR count). The van der Waals surface area contributed by atoms with E-state index in [0.717, 1.165) is 6.54 Å². The van der Waals surface area contributed by atoms with Gasteiger partial charge in [-0.2, -0.15) is 15.4 Å². The number of aromatic nitrogens is 5. The van der Waals surface area contributed by atoms with Gasteiger partial charge < -0.3 is 4.57 Å². The number of carbonyl (C=O) groups is 1. The first-order valence-corrected chi connectivity index (χ1v) is 5.35. The van der Waals surface area contributed by atoms with Crippen LogP contribution < -0.4 is 5.32 Å². The summed E-state index contributed by atoms with van der Waals surface area (Å²) in [5.74, 6) is 0.675. The van der Waals surface area contributed by atoms with E-state index in [1.165, 1.54) is 6.20 Å². The number of amides is 1. The lowest BCUT2D eigenvalue weighted by molar-refractivity contribution is 0.102. The number of hydrogen-bond donors (Lipinski definition) is 2. The van der Waals surface area contributed by atoms with Gasteiger partial charge in [-0.1, -0.05) is 13.8 Å². The second-order valence-corrected chi connectivity index (χ2v) is 4.11. The summed E-state index contributed by atoms with van der Waals surface area (Å²) in [6, 6.07) is 0. The zero-order valence-corrected chi connectivity index (χ0v) is 9.71. The van der Waals surface area contributed by atoms with Gasteiger partial charge in [-0.05, 0) is 5.92 Å². The number of anilines is 1. The van der Waals surface area contributed by atoms with Gasteiger partial charge in [0.25, 0.3) is 5.91 Å². The fourth-order valence-corrected chi connectivity index (χ4v) is 1.45. The van der Waals surface area contributed by atoms with E-state index in [1.54, 1.807) is 6.20 Å². The third-order valence-electron chi connectivity index (χ3n) is 2.15. The molecule has 7 heteroatoms. The zero-order chi connectivity index (χ0) is 12.3. The van der Waals surface area contributed by atoms with Gasteiger partial charge in [0.05, 0.1) is 6.20 Å². The van der Waals surface area contributed by atoms with Gasteiger partial charge in [-0.15, -0.1) is 0 Å². The van der Waals surface area contributed by atoms with Gasteiger partial charge >= 0.3 is 0 Å². The van der Waals surface area contributed by atoms with Crippen molar-refractivity contribution in [2.24, 2.45) is 5.92 Å². The molecule has 0 spiro atoms. The predicted octanol–water partition coefficient (Wildman–Crippen LogP) is 0.909. The summed E-state index contributed by atoms with van der Waals surface area (Å²) in [4.78, 5) is 15.8. The molecule has 0 fully saturated rings. The molecule has 0 aliphatic carbocycles. The van der Waals surface area contributed by atoms with E-state index in [2.05, 4.69) is 39.6 Å². The average molecular weight is 234 g/mol. The van der Waals surface area contributed by atoms with Crippen molar-refractivity contribution in [3.63, 3.8) is 0 Å². The van der Waals surface area contributed by atoms with E-state index < -0.39 is 0 Å². The van der Waals surface area contributed by atoms with Crippen molar-refractivity contribution in [3.05, 3.63) is 24.3 Å². The van der Waals surface area contributed by atoms with Crippen molar-refractivity contribution < 1.29 is 4.79 Å². The van der Waals surface area contributed by atoms with E-state index in [1.807, 2.05) is 10.8 Å². The first kappa shape index (κ1) is 11.3. The monoisotopic (exact) mass is 234 g/mol. The summed E-state index contributed by atoms with van der Waals surface area (Å²) in [6.07, 6.45) is 4.85. The molecule has 1 amide bonds. The first-order valence-electron chi connectivity index (χ1n) is 5.35. The van der Waals surface area contributed by atoms with Crippen LogP contribution in [0.25, 0.3) is 0 Å². The normalized spacial score (nSPS) is 10.8. The van der Waals surface area contributed by atoms with Gasteiger partial charge in [0.1, 0.15) is 0 Å². The minimum Gasteiger partial charge on any atom is -0.317 e. The van der Waals surface area contributed by atoms with Crippen LogP contribution in [0.2, 0.25) is 0 Å². The molecule has 0 aromatic carbocycles. The van der Waals surface area contributed by atoms with Gasteiger partial charge in [0.2, 0.25) is 5.95 Å². The van der Waals surface area contributed by atoms with Gasteiger partial charge in [-0.25, -0.2) is 4.98 Å². The number of hydrogen-bond acceptors (Lipinski definition) is 4. The molecule has 0 bridgehead atoms. The van der Waals surface area contributed by atoms with Crippen molar-refractivity contribution >= 4 is 11.9 Å². The Kier molecular flexibility index (Phi) is 3.17. The quantitative estimate of drug-likeness (QED) is 0.822. The highest BCUT2D eigenvalue weighted by Crippen LogP contribution is 2.09. The second kappa shape index (κ2) is 4.77. The Morgan fingerprint density at radius 1 is 1.59 bits per heavy atom. The molecular weight excluding hydrogens is 220 g/mol. The van der Waals surface area contributed by atoms with E-state index in [4.69, 9.17) is 0 Å². The molecule has 0 unspecified atom stereocenters. The van der Waals surface area contributed by atoms with Crippen molar-refractivity contribution in [1.29, 1.82) is 0 Å². The van der Waals surface area contributed by atoms with Crippen molar-refractivity contribution in [1.82, 2.24) is 25.0 Å². The molecule has 17 heavy (non-hydrogen) atoms. The minimum atomic E-state index is -0.324. The standard InChI is InChI=1S/C10H14N6O/c1-7(2)6-16-4-3-11-10(16)13-9(17)8-5-12-15-14-8/h3-5,7H,6H2,1-2H3,(H,11,13,17)(H,12,14,15). The summed E-state index contributed by atoms with van der Waals surface area (Å²) in [7, 11) is 0. The molecule has 0 aliphatic rings. The molecule has 2 aromatic heterocycles. The van der Waals surface area contributed by atoms with Gasteiger partial charge in [0.15, 0.2) is 5.69 Å². The van der Waals surface area contributed by atoms with E-state index in [-0.39, 0.29) is 11.6 Å². The molecule has 90 valence electrons. The summed E-state index contributed by atoms with van der Waals surface area (Å²) in [6.45, 7) is 5.00. The molecule has 2 N–H and O–H groups in total. The van der Waals surface area contributed by atoms with Crippen molar-refractivity contribution in [3.8, 4) is 0 Å². The number of imidazole rings is 1. The summed E-state index contributed by atoms with van der Waals surface area (Å²) in [5, 5.41) is 12.4. The molecule has 2 aromatic rings. The third-order valence-corrected chi connectivity index (χ3v) is 2.15. The number of nitrogens with zero attached hydrogens (tertiary/aromatic N) is 4. The van der Waals surface area contributed by atoms with Crippen LogP contribution in [0, 0.1) is 5.92 Å². The van der Waals surface area contributed by atoms with Crippen LogP contribution in [0.3, 0.4) is 0 Å². The lowest BCUT2D eigenvalue weighted by atomic mass is 10.2. The van der Waals surface area contributed by atoms with E-state index in [9.17, 15) is 4.79 Å². The van der Waals surface area contributed by atoms with Crippen molar-refractivity contribution in [2.45, 2.75) is 20.4 Å². The highest BCUT2D eigenvalue weighted by Gasteiger charge is 2.12. The van der Waals surface area contributed by atoms with Crippen LogP contribution in [0.4, 0.5) is 5.95 Å². The maximum atomic E-state index is 11.7. The predicted molar refractivity (Wildman–Crippen MR) is 61.4 cm³/mol. The summed E-state index contributed by atoms with van der Waals surface area (Å²) in [5.41, 5.74) is 0.240. The third kappa shape index (κ3) is 2.68. The Hall–Kier alpha value is -2.18. The van der Waals surface area contributed by atoms with Crippen LogP contribution in [0.5, 0.6) is 0 Å². The van der Waals surface area contributed by atoms with Crippen molar-refractivity contribution in [2.75, 3.05) is 5.32 Å². The molecule has 7 nitrogen and oxygen atoms in total.